The van der Waals surface area contributed by atoms with Crippen LogP contribution >= 0.6 is 0 Å². The zero-order chi connectivity index (χ0) is 15.0. The van der Waals surface area contributed by atoms with E-state index in [1.807, 2.05) is 0 Å². The summed E-state index contributed by atoms with van der Waals surface area (Å²) in [4.78, 5) is 34.7. The van der Waals surface area contributed by atoms with E-state index in [0.717, 1.165) is 5.56 Å². The first-order valence-electron chi connectivity index (χ1n) is 6.15. The normalized spacial score (nSPS) is 14.8. The summed E-state index contributed by atoms with van der Waals surface area (Å²) in [7, 11) is 0. The van der Waals surface area contributed by atoms with Gasteiger partial charge < -0.3 is 10.0 Å². The number of aliphatic carboxylic acids is 1. The van der Waals surface area contributed by atoms with Gasteiger partial charge in [0.15, 0.2) is 0 Å². The summed E-state index contributed by atoms with van der Waals surface area (Å²) >= 11 is 0. The van der Waals surface area contributed by atoms with Crippen molar-refractivity contribution in [3.05, 3.63) is 33.4 Å². The third-order valence-electron chi connectivity index (χ3n) is 3.50. The molecule has 2 rings (SSSR count). The number of fused-ring (bicyclic) bond motifs is 1. The predicted molar refractivity (Wildman–Crippen MR) is 70.7 cm³/mol. The molecule has 20 heavy (non-hydrogen) atoms. The minimum Gasteiger partial charge on any atom is -0.481 e. The number of aryl methyl sites for hydroxylation is 1. The quantitative estimate of drug-likeness (QED) is 0.513. The van der Waals surface area contributed by atoms with Crippen molar-refractivity contribution in [2.75, 3.05) is 11.4 Å². The van der Waals surface area contributed by atoms with Gasteiger partial charge in [0.25, 0.3) is 5.69 Å². The molecule has 0 fully saturated rings. The van der Waals surface area contributed by atoms with Crippen molar-refractivity contribution in [2.45, 2.75) is 20.3 Å². The molecule has 1 unspecified atom stereocenters. The predicted octanol–water partition coefficient (Wildman–Crippen LogP) is 1.51. The molecule has 7 heteroatoms. The largest absolute Gasteiger partial charge is 0.481 e. The average molecular weight is 278 g/mol. The number of carbonyl (C=O) groups is 2. The lowest BCUT2D eigenvalue weighted by Gasteiger charge is -2.19. The van der Waals surface area contributed by atoms with Gasteiger partial charge >= 0.3 is 5.97 Å². The number of anilines is 1. The first-order valence-corrected chi connectivity index (χ1v) is 6.15. The number of amides is 1. The highest BCUT2D eigenvalue weighted by molar-refractivity contribution is 6.06. The van der Waals surface area contributed by atoms with Gasteiger partial charge in [-0.2, -0.15) is 0 Å². The van der Waals surface area contributed by atoms with E-state index in [-0.39, 0.29) is 5.69 Å². The molecular weight excluding hydrogens is 264 g/mol. The summed E-state index contributed by atoms with van der Waals surface area (Å²) in [6, 6.07) is 3.04. The number of hydrogen-bond donors (Lipinski definition) is 1. The molecule has 1 aliphatic rings. The lowest BCUT2D eigenvalue weighted by atomic mass is 10.1. The molecule has 1 amide bonds. The van der Waals surface area contributed by atoms with Gasteiger partial charge in [-0.25, -0.2) is 0 Å². The Bertz CT molecular complexity index is 611. The Hall–Kier alpha value is -2.44. The fourth-order valence-electron chi connectivity index (χ4n) is 2.31. The van der Waals surface area contributed by atoms with Gasteiger partial charge in [-0.15, -0.1) is 0 Å². The standard InChI is InChI=1S/C13H14N2O5/c1-7-5-9-3-4-14(12(16)8(2)13(17)18)11(9)6-10(7)15(19)20/h5-6,8H,3-4H2,1-2H3,(H,17,18). The van der Waals surface area contributed by atoms with Crippen molar-refractivity contribution >= 4 is 23.3 Å². The molecule has 106 valence electrons. The van der Waals surface area contributed by atoms with E-state index in [0.29, 0.717) is 24.2 Å². The Morgan fingerprint density at radius 3 is 2.65 bits per heavy atom. The first-order chi connectivity index (χ1) is 9.32. The molecule has 1 heterocycles. The summed E-state index contributed by atoms with van der Waals surface area (Å²) in [5.41, 5.74) is 1.75. The third-order valence-corrected chi connectivity index (χ3v) is 3.50. The summed E-state index contributed by atoms with van der Waals surface area (Å²) in [6.07, 6.45) is 0.576. The van der Waals surface area contributed by atoms with E-state index in [4.69, 9.17) is 5.11 Å². The van der Waals surface area contributed by atoms with Gasteiger partial charge in [0.05, 0.1) is 10.6 Å². The summed E-state index contributed by atoms with van der Waals surface area (Å²) < 4.78 is 0. The summed E-state index contributed by atoms with van der Waals surface area (Å²) in [5, 5.41) is 19.8. The number of rotatable bonds is 3. The molecule has 7 nitrogen and oxygen atoms in total. The van der Waals surface area contributed by atoms with Gasteiger partial charge in [0.1, 0.15) is 5.92 Å². The third kappa shape index (κ3) is 2.22. The van der Waals surface area contributed by atoms with Crippen LogP contribution < -0.4 is 4.90 Å². The van der Waals surface area contributed by atoms with Crippen LogP contribution in [0.3, 0.4) is 0 Å². The number of benzene rings is 1. The van der Waals surface area contributed by atoms with Crippen LogP contribution in [0.25, 0.3) is 0 Å². The monoisotopic (exact) mass is 278 g/mol. The molecule has 0 aliphatic carbocycles. The summed E-state index contributed by atoms with van der Waals surface area (Å²) in [5.74, 6) is -2.92. The Labute approximate surface area is 115 Å². The molecule has 0 spiro atoms. The van der Waals surface area contributed by atoms with E-state index in [2.05, 4.69) is 0 Å². The second-order valence-corrected chi connectivity index (χ2v) is 4.82. The minimum absolute atomic E-state index is 0.0635. The van der Waals surface area contributed by atoms with Crippen LogP contribution in [0.5, 0.6) is 0 Å². The van der Waals surface area contributed by atoms with Crippen LogP contribution in [-0.2, 0) is 16.0 Å². The average Bonchev–Trinajstić information content (AvgIpc) is 2.78. The van der Waals surface area contributed by atoms with E-state index >= 15 is 0 Å². The maximum Gasteiger partial charge on any atom is 0.315 e. The van der Waals surface area contributed by atoms with Gasteiger partial charge in [0.2, 0.25) is 5.91 Å². The molecule has 0 aromatic heterocycles. The van der Waals surface area contributed by atoms with Crippen molar-refractivity contribution in [1.29, 1.82) is 0 Å². The maximum atomic E-state index is 12.1. The SMILES string of the molecule is Cc1cc2c(cc1[N+](=O)[O-])N(C(=O)C(C)C(=O)O)CC2. The zero-order valence-electron chi connectivity index (χ0n) is 11.1. The van der Waals surface area contributed by atoms with E-state index in [9.17, 15) is 19.7 Å². The summed E-state index contributed by atoms with van der Waals surface area (Å²) in [6.45, 7) is 3.31. The van der Waals surface area contributed by atoms with Crippen molar-refractivity contribution in [2.24, 2.45) is 5.92 Å². The number of carboxylic acids is 1. The fourth-order valence-corrected chi connectivity index (χ4v) is 2.31. The highest BCUT2D eigenvalue weighted by Gasteiger charge is 2.33. The van der Waals surface area contributed by atoms with Gasteiger partial charge in [0, 0.05) is 18.2 Å². The zero-order valence-corrected chi connectivity index (χ0v) is 11.1. The molecule has 1 N–H and O–H groups in total. The number of carboxylic acid groups (broad SMARTS) is 1. The molecule has 0 saturated carbocycles. The Morgan fingerprint density at radius 2 is 2.10 bits per heavy atom. The van der Waals surface area contributed by atoms with E-state index < -0.39 is 22.7 Å². The van der Waals surface area contributed by atoms with Crippen molar-refractivity contribution in [3.63, 3.8) is 0 Å². The molecule has 0 radical (unpaired) electrons. The van der Waals surface area contributed by atoms with Crippen LogP contribution in [0.15, 0.2) is 12.1 Å². The second-order valence-electron chi connectivity index (χ2n) is 4.82. The number of hydrogen-bond acceptors (Lipinski definition) is 4. The molecular formula is C13H14N2O5. The molecule has 1 aromatic rings. The van der Waals surface area contributed by atoms with E-state index in [1.54, 1.807) is 13.0 Å². The van der Waals surface area contributed by atoms with Crippen LogP contribution in [-0.4, -0.2) is 28.5 Å². The Balaban J connectivity index is 2.42. The highest BCUT2D eigenvalue weighted by Crippen LogP contribution is 2.34. The molecule has 0 saturated heterocycles. The topological polar surface area (TPSA) is 101 Å². The fraction of sp³-hybridized carbons (Fsp3) is 0.385. The molecule has 1 atom stereocenters. The van der Waals surface area contributed by atoms with Crippen molar-refractivity contribution in [1.82, 2.24) is 0 Å². The van der Waals surface area contributed by atoms with Crippen LogP contribution in [0.2, 0.25) is 0 Å². The van der Waals surface area contributed by atoms with E-state index in [1.165, 1.54) is 17.9 Å². The number of carbonyl (C=O) groups excluding carboxylic acids is 1. The van der Waals surface area contributed by atoms with Gasteiger partial charge in [-0.3, -0.25) is 19.7 Å². The Kier molecular flexibility index (Phi) is 3.44. The van der Waals surface area contributed by atoms with Crippen molar-refractivity contribution in [3.8, 4) is 0 Å². The number of nitrogens with zero attached hydrogens (tertiary/aromatic N) is 2. The van der Waals surface area contributed by atoms with Gasteiger partial charge in [-0.05, 0) is 31.9 Å². The second kappa shape index (κ2) is 4.92. The van der Waals surface area contributed by atoms with Crippen LogP contribution in [0.1, 0.15) is 18.1 Å². The van der Waals surface area contributed by atoms with Crippen molar-refractivity contribution < 1.29 is 19.6 Å². The molecule has 1 aliphatic heterocycles. The number of nitro groups is 1. The highest BCUT2D eigenvalue weighted by atomic mass is 16.6. The minimum atomic E-state index is -1.20. The molecule has 1 aromatic carbocycles. The smallest absolute Gasteiger partial charge is 0.315 e. The lowest BCUT2D eigenvalue weighted by Crippen LogP contribution is -2.37. The van der Waals surface area contributed by atoms with Crippen LogP contribution in [0, 0.1) is 23.0 Å². The van der Waals surface area contributed by atoms with Crippen LogP contribution in [0.4, 0.5) is 11.4 Å². The Morgan fingerprint density at radius 1 is 1.45 bits per heavy atom. The first kappa shape index (κ1) is 14.0. The molecule has 0 bridgehead atoms. The lowest BCUT2D eigenvalue weighted by molar-refractivity contribution is -0.385. The van der Waals surface area contributed by atoms with Gasteiger partial charge in [-0.1, -0.05) is 0 Å². The maximum absolute atomic E-state index is 12.1. The number of nitro benzene ring substituents is 1.